The summed E-state index contributed by atoms with van der Waals surface area (Å²) in [7, 11) is 0. The molecule has 2 N–H and O–H groups in total. The number of aromatic nitrogens is 2. The molecule has 4 aromatic rings. The zero-order valence-corrected chi connectivity index (χ0v) is 20.2. The first kappa shape index (κ1) is 24.8. The minimum Gasteiger partial charge on any atom is -0.491 e. The van der Waals surface area contributed by atoms with Crippen molar-refractivity contribution in [1.29, 1.82) is 0 Å². The molecule has 0 spiro atoms. The second-order valence-corrected chi connectivity index (χ2v) is 9.15. The fraction of sp³-hybridized carbons (Fsp3) is 0.259. The average Bonchev–Trinajstić information content (AvgIpc) is 3.24. The summed E-state index contributed by atoms with van der Waals surface area (Å²) in [5.41, 5.74) is 2.24. The predicted molar refractivity (Wildman–Crippen MR) is 137 cm³/mol. The van der Waals surface area contributed by atoms with Gasteiger partial charge in [-0.25, -0.2) is 9.37 Å². The first-order valence-corrected chi connectivity index (χ1v) is 12.8. The standard InChI is InChI=1S/C27H28FN3O3S/c1-35-16-15-24(30-27(33)19-7-3-2-4-8-19)26-29-23-9-5-6-10-25(23)31(26)17-21(32)18-34-22-13-11-20(28)12-14-22/h2-14,21,24,32H,15-18H2,1H3,(H,30,33). The molecule has 35 heavy (non-hydrogen) atoms. The van der Waals surface area contributed by atoms with Gasteiger partial charge in [-0.05, 0) is 67.0 Å². The van der Waals surface area contributed by atoms with Crippen LogP contribution in [-0.2, 0) is 6.54 Å². The Morgan fingerprint density at radius 2 is 1.80 bits per heavy atom. The van der Waals surface area contributed by atoms with Gasteiger partial charge in [0.05, 0.1) is 23.6 Å². The maximum atomic E-state index is 13.1. The van der Waals surface area contributed by atoms with E-state index < -0.39 is 6.10 Å². The van der Waals surface area contributed by atoms with Crippen LogP contribution in [0.4, 0.5) is 4.39 Å². The molecule has 1 amide bonds. The highest BCUT2D eigenvalue weighted by Crippen LogP contribution is 2.25. The number of para-hydroxylation sites is 2. The number of aliphatic hydroxyl groups is 1. The van der Waals surface area contributed by atoms with E-state index in [1.165, 1.54) is 24.3 Å². The highest BCUT2D eigenvalue weighted by Gasteiger charge is 2.24. The van der Waals surface area contributed by atoms with Crippen LogP contribution < -0.4 is 10.1 Å². The minimum absolute atomic E-state index is 0.0312. The molecule has 0 bridgehead atoms. The Kier molecular flexibility index (Phi) is 8.39. The maximum Gasteiger partial charge on any atom is 0.251 e. The number of hydrogen-bond acceptors (Lipinski definition) is 5. The molecule has 0 aliphatic rings. The van der Waals surface area contributed by atoms with E-state index in [2.05, 4.69) is 5.32 Å². The summed E-state index contributed by atoms with van der Waals surface area (Å²) in [5.74, 6) is 1.48. The third-order valence-electron chi connectivity index (χ3n) is 5.60. The van der Waals surface area contributed by atoms with Crippen LogP contribution in [0.5, 0.6) is 5.75 Å². The topological polar surface area (TPSA) is 76.4 Å². The lowest BCUT2D eigenvalue weighted by Gasteiger charge is -2.22. The van der Waals surface area contributed by atoms with Crippen LogP contribution in [0.15, 0.2) is 78.9 Å². The van der Waals surface area contributed by atoms with Crippen molar-refractivity contribution in [2.24, 2.45) is 0 Å². The summed E-state index contributed by atoms with van der Waals surface area (Å²) in [6.07, 6.45) is 1.86. The fourth-order valence-corrected chi connectivity index (χ4v) is 4.34. The van der Waals surface area contributed by atoms with Crippen molar-refractivity contribution in [1.82, 2.24) is 14.9 Å². The molecule has 0 fully saturated rings. The van der Waals surface area contributed by atoms with Gasteiger partial charge in [0, 0.05) is 5.56 Å². The molecule has 0 radical (unpaired) electrons. The van der Waals surface area contributed by atoms with Gasteiger partial charge < -0.3 is 19.7 Å². The number of nitrogens with one attached hydrogen (secondary N) is 1. The van der Waals surface area contributed by atoms with E-state index in [-0.39, 0.29) is 30.9 Å². The van der Waals surface area contributed by atoms with E-state index in [4.69, 9.17) is 9.72 Å². The Morgan fingerprint density at radius 3 is 2.54 bits per heavy atom. The Morgan fingerprint density at radius 1 is 1.09 bits per heavy atom. The number of halogens is 1. The van der Waals surface area contributed by atoms with E-state index >= 15 is 0 Å². The Labute approximate surface area is 208 Å². The number of rotatable bonds is 11. The van der Waals surface area contributed by atoms with Crippen molar-refractivity contribution < 1.29 is 19.0 Å². The van der Waals surface area contributed by atoms with Crippen molar-refractivity contribution in [3.8, 4) is 5.75 Å². The Bertz CT molecular complexity index is 1250. The number of aliphatic hydroxyl groups excluding tert-OH is 1. The van der Waals surface area contributed by atoms with Crippen LogP contribution in [0.25, 0.3) is 11.0 Å². The molecule has 6 nitrogen and oxygen atoms in total. The van der Waals surface area contributed by atoms with Crippen molar-refractivity contribution in [2.45, 2.75) is 25.1 Å². The van der Waals surface area contributed by atoms with Gasteiger partial charge in [-0.3, -0.25) is 4.79 Å². The van der Waals surface area contributed by atoms with Crippen molar-refractivity contribution in [3.05, 3.63) is 96.1 Å². The molecule has 8 heteroatoms. The number of ether oxygens (including phenoxy) is 1. The van der Waals surface area contributed by atoms with Crippen LogP contribution >= 0.6 is 11.8 Å². The number of carbonyl (C=O) groups is 1. The molecule has 0 aliphatic heterocycles. The summed E-state index contributed by atoms with van der Waals surface area (Å²) in [6.45, 7) is 0.261. The molecule has 0 saturated heterocycles. The van der Waals surface area contributed by atoms with E-state index in [0.717, 1.165) is 16.8 Å². The average molecular weight is 494 g/mol. The summed E-state index contributed by atoms with van der Waals surface area (Å²) >= 11 is 1.70. The van der Waals surface area contributed by atoms with Gasteiger partial charge in [-0.2, -0.15) is 11.8 Å². The summed E-state index contributed by atoms with van der Waals surface area (Å²) in [5, 5.41) is 13.9. The first-order valence-electron chi connectivity index (χ1n) is 11.4. The molecule has 0 saturated carbocycles. The third kappa shape index (κ3) is 6.41. The van der Waals surface area contributed by atoms with Crippen molar-refractivity contribution in [2.75, 3.05) is 18.6 Å². The van der Waals surface area contributed by atoms with Gasteiger partial charge >= 0.3 is 0 Å². The summed E-state index contributed by atoms with van der Waals surface area (Å²) < 4.78 is 20.7. The van der Waals surface area contributed by atoms with Gasteiger partial charge in [0.1, 0.15) is 30.1 Å². The molecule has 3 aromatic carbocycles. The summed E-state index contributed by atoms with van der Waals surface area (Å²) in [6, 6.07) is 22.1. The number of thioether (sulfide) groups is 1. The third-order valence-corrected chi connectivity index (χ3v) is 6.24. The Balaban J connectivity index is 1.58. The van der Waals surface area contributed by atoms with Gasteiger partial charge in [0.2, 0.25) is 0 Å². The van der Waals surface area contributed by atoms with Crippen LogP contribution in [0, 0.1) is 5.82 Å². The monoisotopic (exact) mass is 493 g/mol. The number of benzene rings is 3. The van der Waals surface area contributed by atoms with Gasteiger partial charge in [0.25, 0.3) is 5.91 Å². The van der Waals surface area contributed by atoms with Crippen molar-refractivity contribution >= 4 is 28.7 Å². The second kappa shape index (κ2) is 11.9. The number of hydrogen-bond donors (Lipinski definition) is 2. The van der Waals surface area contributed by atoms with E-state index in [9.17, 15) is 14.3 Å². The summed E-state index contributed by atoms with van der Waals surface area (Å²) in [4.78, 5) is 17.8. The highest BCUT2D eigenvalue weighted by molar-refractivity contribution is 7.98. The van der Waals surface area contributed by atoms with Crippen LogP contribution in [-0.4, -0.2) is 45.3 Å². The quantitative estimate of drug-likeness (QED) is 0.313. The highest BCUT2D eigenvalue weighted by atomic mass is 32.2. The van der Waals surface area contributed by atoms with E-state index in [1.807, 2.05) is 53.3 Å². The van der Waals surface area contributed by atoms with E-state index in [1.54, 1.807) is 23.9 Å². The zero-order chi connectivity index (χ0) is 24.6. The lowest BCUT2D eigenvalue weighted by Crippen LogP contribution is -2.32. The lowest BCUT2D eigenvalue weighted by molar-refractivity contribution is 0.0902. The van der Waals surface area contributed by atoms with Crippen LogP contribution in [0.2, 0.25) is 0 Å². The van der Waals surface area contributed by atoms with Crippen LogP contribution in [0.1, 0.15) is 28.6 Å². The first-order chi connectivity index (χ1) is 17.0. The molecular weight excluding hydrogens is 465 g/mol. The smallest absolute Gasteiger partial charge is 0.251 e. The predicted octanol–water partition coefficient (Wildman–Crippen LogP) is 4.84. The van der Waals surface area contributed by atoms with Crippen LogP contribution in [0.3, 0.4) is 0 Å². The van der Waals surface area contributed by atoms with Gasteiger partial charge in [0.15, 0.2) is 0 Å². The zero-order valence-electron chi connectivity index (χ0n) is 19.4. The Hall–Kier alpha value is -3.36. The maximum absolute atomic E-state index is 13.1. The molecule has 1 heterocycles. The lowest BCUT2D eigenvalue weighted by atomic mass is 10.1. The molecule has 0 aliphatic carbocycles. The molecule has 2 atom stereocenters. The number of carbonyl (C=O) groups excluding carboxylic acids is 1. The molecule has 1 aromatic heterocycles. The second-order valence-electron chi connectivity index (χ2n) is 8.16. The largest absolute Gasteiger partial charge is 0.491 e. The van der Waals surface area contributed by atoms with Crippen molar-refractivity contribution in [3.63, 3.8) is 0 Å². The van der Waals surface area contributed by atoms with Gasteiger partial charge in [-0.1, -0.05) is 30.3 Å². The normalized spacial score (nSPS) is 12.9. The molecule has 2 unspecified atom stereocenters. The number of imidazole rings is 1. The number of nitrogens with zero attached hydrogens (tertiary/aromatic N) is 2. The number of amides is 1. The molecular formula is C27H28FN3O3S. The molecule has 182 valence electrons. The van der Waals surface area contributed by atoms with E-state index in [0.29, 0.717) is 23.6 Å². The number of fused-ring (bicyclic) bond motifs is 1. The molecule has 4 rings (SSSR count). The van der Waals surface area contributed by atoms with Gasteiger partial charge in [-0.15, -0.1) is 0 Å². The fourth-order valence-electron chi connectivity index (χ4n) is 3.87. The minimum atomic E-state index is -0.845. The SMILES string of the molecule is CSCCC(NC(=O)c1ccccc1)c1nc2ccccc2n1CC(O)COc1ccc(F)cc1.